The molecule has 0 fully saturated rings. The molecule has 0 heterocycles. The van der Waals surface area contributed by atoms with Gasteiger partial charge in [0.2, 0.25) is 0 Å². The van der Waals surface area contributed by atoms with Crippen LogP contribution in [-0.2, 0) is 34.8 Å². The molecule has 0 saturated carbocycles. The van der Waals surface area contributed by atoms with Crippen LogP contribution in [0.4, 0.5) is 0 Å². The van der Waals surface area contributed by atoms with Crippen LogP contribution in [0.5, 0.6) is 0 Å². The van der Waals surface area contributed by atoms with Gasteiger partial charge in [0, 0.05) is 10.2 Å². The Morgan fingerprint density at radius 1 is 0.600 bits per heavy atom. The second-order valence-electron chi connectivity index (χ2n) is 10.2. The van der Waals surface area contributed by atoms with Crippen LogP contribution in [-0.4, -0.2) is 53.8 Å². The quantitative estimate of drug-likeness (QED) is 0.0836. The van der Waals surface area contributed by atoms with Gasteiger partial charge < -0.3 is 45.1 Å². The summed E-state index contributed by atoms with van der Waals surface area (Å²) in [7, 11) is 0. The Morgan fingerprint density at radius 3 is 1.17 bits per heavy atom. The number of carbonyl (C=O) groups is 2. The maximum absolute atomic E-state index is 10.5. The van der Waals surface area contributed by atoms with E-state index in [1.165, 1.54) is 51.4 Å². The van der Waals surface area contributed by atoms with E-state index in [4.69, 9.17) is 10.2 Å². The van der Waals surface area contributed by atoms with Crippen LogP contribution in [0.3, 0.4) is 0 Å². The van der Waals surface area contributed by atoms with Crippen LogP contribution in [0.25, 0.3) is 0 Å². The van der Waals surface area contributed by atoms with Gasteiger partial charge in [0.15, 0.2) is 0 Å². The minimum atomic E-state index is -0.908. The SMILES string of the molecule is CC(C)CCCCCC(O)C(=O)[S-].CC(C)CCCCCC(O)C(=O)[S-].CCC[CH2][Sn+2][CH2]CCC. The first-order chi connectivity index (χ1) is 16.5. The topological polar surface area (TPSA) is 74.6 Å². The van der Waals surface area contributed by atoms with Crippen molar-refractivity contribution < 1.29 is 19.8 Å². The zero-order valence-corrected chi connectivity index (χ0v) is 28.1. The molecule has 0 rings (SSSR count). The third kappa shape index (κ3) is 39.2. The predicted octanol–water partition coefficient (Wildman–Crippen LogP) is 7.18. The Balaban J connectivity index is -0.000000448. The van der Waals surface area contributed by atoms with Gasteiger partial charge in [0.1, 0.15) is 0 Å². The summed E-state index contributed by atoms with van der Waals surface area (Å²) < 4.78 is 3.25. The molecule has 0 aliphatic rings. The van der Waals surface area contributed by atoms with Gasteiger partial charge in [0.25, 0.3) is 0 Å². The second kappa shape index (κ2) is 30.7. The Labute approximate surface area is 239 Å². The average Bonchev–Trinajstić information content (AvgIpc) is 2.78. The summed E-state index contributed by atoms with van der Waals surface area (Å²) in [4.78, 5) is 21.0. The van der Waals surface area contributed by atoms with Crippen molar-refractivity contribution in [1.29, 1.82) is 0 Å². The van der Waals surface area contributed by atoms with Gasteiger partial charge in [-0.1, -0.05) is 79.1 Å². The van der Waals surface area contributed by atoms with Gasteiger partial charge in [-0.15, -0.1) is 0 Å². The standard InChI is InChI=1S/2C10H20O2S.2C4H9.Sn/c2*1-8(2)6-4-3-5-7-9(11)10(12)13;2*1-3-4-2;/h2*8-9,11H,3-7H2,1-2H3,(H,12,13);2*1,3-4H2,2H3;/q;;;;+2/p-2. The molecule has 0 aromatic carbocycles. The molecule has 0 bridgehead atoms. The summed E-state index contributed by atoms with van der Waals surface area (Å²) in [6.45, 7) is 13.4. The van der Waals surface area contributed by atoms with E-state index in [1.54, 1.807) is 8.87 Å². The number of carbonyl (C=O) groups excluding carboxylic acids is 2. The van der Waals surface area contributed by atoms with Gasteiger partial charge in [0.05, 0.1) is 12.2 Å². The van der Waals surface area contributed by atoms with Gasteiger partial charge in [-0.3, -0.25) is 0 Å². The van der Waals surface area contributed by atoms with E-state index in [-0.39, 0.29) is 21.1 Å². The average molecular weight is 640 g/mol. The molecule has 2 N–H and O–H groups in total. The first-order valence-corrected chi connectivity index (χ1v) is 18.8. The molecule has 0 amide bonds. The molecule has 7 heteroatoms. The normalized spacial score (nSPS) is 12.2. The first kappa shape index (κ1) is 40.0. The van der Waals surface area contributed by atoms with E-state index in [1.807, 2.05) is 0 Å². The number of rotatable bonds is 20. The molecule has 0 radical (unpaired) electrons. The van der Waals surface area contributed by atoms with Crippen molar-refractivity contribution in [2.24, 2.45) is 11.8 Å². The van der Waals surface area contributed by atoms with E-state index in [0.717, 1.165) is 37.5 Å². The fourth-order valence-electron chi connectivity index (χ4n) is 3.10. The van der Waals surface area contributed by atoms with Crippen molar-refractivity contribution in [2.75, 3.05) is 0 Å². The van der Waals surface area contributed by atoms with Gasteiger partial charge in [-0.25, -0.2) is 0 Å². The second-order valence-corrected chi connectivity index (χ2v) is 15.3. The fourth-order valence-corrected chi connectivity index (χ4v) is 7.49. The van der Waals surface area contributed by atoms with Crippen molar-refractivity contribution in [3.8, 4) is 0 Å². The predicted molar refractivity (Wildman–Crippen MR) is 158 cm³/mol. The molecule has 0 saturated heterocycles. The van der Waals surface area contributed by atoms with Crippen LogP contribution in [0, 0.1) is 11.8 Å². The zero-order chi connectivity index (χ0) is 27.5. The molecular formula is C28H56O4S2Sn. The summed E-state index contributed by atoms with van der Waals surface area (Å²) in [6, 6.07) is 0. The molecule has 0 spiro atoms. The molecule has 208 valence electrons. The van der Waals surface area contributed by atoms with Crippen LogP contribution >= 0.6 is 0 Å². The zero-order valence-electron chi connectivity index (χ0n) is 23.7. The van der Waals surface area contributed by atoms with Gasteiger partial charge in [-0.2, -0.15) is 0 Å². The molecule has 0 aliphatic carbocycles. The number of aliphatic hydroxyl groups is 2. The van der Waals surface area contributed by atoms with E-state index in [0.29, 0.717) is 12.8 Å². The van der Waals surface area contributed by atoms with Crippen molar-refractivity contribution in [3.63, 3.8) is 0 Å². The number of unbranched alkanes of at least 4 members (excludes halogenated alkanes) is 6. The van der Waals surface area contributed by atoms with Crippen molar-refractivity contribution in [1.82, 2.24) is 0 Å². The summed E-state index contributed by atoms with van der Waals surface area (Å²) >= 11 is 8.81. The van der Waals surface area contributed by atoms with E-state index < -0.39 is 22.4 Å². The number of hydrogen-bond acceptors (Lipinski definition) is 6. The van der Waals surface area contributed by atoms with Crippen LogP contribution in [0.15, 0.2) is 0 Å². The fraction of sp³-hybridized carbons (Fsp3) is 0.929. The maximum atomic E-state index is 10.5. The molecular weight excluding hydrogens is 583 g/mol. The minimum absolute atomic E-state index is 0.149. The van der Waals surface area contributed by atoms with E-state index in [2.05, 4.69) is 66.8 Å². The van der Waals surface area contributed by atoms with Gasteiger partial charge in [-0.05, 0) is 24.7 Å². The Morgan fingerprint density at radius 2 is 0.914 bits per heavy atom. The Bertz CT molecular complexity index is 422. The summed E-state index contributed by atoms with van der Waals surface area (Å²) in [6.07, 6.45) is 13.8. The monoisotopic (exact) mass is 640 g/mol. The number of aliphatic hydroxyl groups excluding tert-OH is 2. The van der Waals surface area contributed by atoms with Crippen molar-refractivity contribution in [2.45, 2.75) is 153 Å². The summed E-state index contributed by atoms with van der Waals surface area (Å²) in [5.41, 5.74) is 0. The molecule has 0 aromatic heterocycles. The summed E-state index contributed by atoms with van der Waals surface area (Å²) in [5.74, 6) is 1.48. The van der Waals surface area contributed by atoms with Crippen molar-refractivity contribution >= 4 is 56.6 Å². The molecule has 4 nitrogen and oxygen atoms in total. The molecule has 0 aliphatic heterocycles. The third-order valence-electron chi connectivity index (χ3n) is 5.48. The first-order valence-electron chi connectivity index (χ1n) is 14.0. The summed E-state index contributed by atoms with van der Waals surface area (Å²) in [5, 5.41) is 17.1. The molecule has 2 atom stereocenters. The van der Waals surface area contributed by atoms with Crippen LogP contribution < -0.4 is 0 Å². The van der Waals surface area contributed by atoms with Crippen molar-refractivity contribution in [3.05, 3.63) is 0 Å². The Kier molecular flexibility index (Phi) is 35.1. The van der Waals surface area contributed by atoms with Gasteiger partial charge >= 0.3 is 69.5 Å². The van der Waals surface area contributed by atoms with Crippen LogP contribution in [0.2, 0.25) is 8.87 Å². The van der Waals surface area contributed by atoms with Crippen LogP contribution in [0.1, 0.15) is 131 Å². The molecule has 2 unspecified atom stereocenters. The van der Waals surface area contributed by atoms with E-state index in [9.17, 15) is 9.59 Å². The Hall–Kier alpha value is 0.499. The molecule has 0 aromatic rings. The molecule has 35 heavy (non-hydrogen) atoms. The number of hydrogen-bond donors (Lipinski definition) is 2. The third-order valence-corrected chi connectivity index (χ3v) is 10.1. The van der Waals surface area contributed by atoms with E-state index >= 15 is 0 Å².